The molecule has 2 aromatic rings. The highest BCUT2D eigenvalue weighted by molar-refractivity contribution is 5.94. The first kappa shape index (κ1) is 14.3. The van der Waals surface area contributed by atoms with Crippen molar-refractivity contribution in [3.63, 3.8) is 0 Å². The van der Waals surface area contributed by atoms with Crippen molar-refractivity contribution in [2.45, 2.75) is 12.8 Å². The van der Waals surface area contributed by atoms with Crippen LogP contribution in [0.1, 0.15) is 18.4 Å². The number of likely N-dealkylation sites (N-methyl/N-ethyl adjacent to an activating group) is 1. The van der Waals surface area contributed by atoms with Gasteiger partial charge in [-0.3, -0.25) is 9.78 Å². The molecule has 0 atom stereocenters. The average Bonchev–Trinajstić information content (AvgIpc) is 2.96. The summed E-state index contributed by atoms with van der Waals surface area (Å²) in [6, 6.07) is 10.0. The Hall–Kier alpha value is -2.61. The SMILES string of the molecule is CN(CCN1CCCC1=O)c1c(C#N)cnc2ccccc12. The van der Waals surface area contributed by atoms with Crippen LogP contribution in [0, 0.1) is 11.3 Å². The molecule has 1 aliphatic rings. The van der Waals surface area contributed by atoms with E-state index in [0.717, 1.165) is 29.6 Å². The number of carbonyl (C=O) groups is 1. The number of para-hydroxylation sites is 1. The van der Waals surface area contributed by atoms with Gasteiger partial charge < -0.3 is 9.80 Å². The highest BCUT2D eigenvalue weighted by Crippen LogP contribution is 2.28. The Morgan fingerprint density at radius 3 is 2.95 bits per heavy atom. The fourth-order valence-electron chi connectivity index (χ4n) is 2.94. The first-order valence-corrected chi connectivity index (χ1v) is 7.47. The van der Waals surface area contributed by atoms with Crippen molar-refractivity contribution in [2.24, 2.45) is 0 Å². The smallest absolute Gasteiger partial charge is 0.222 e. The van der Waals surface area contributed by atoms with Gasteiger partial charge in [0.1, 0.15) is 6.07 Å². The molecule has 1 aromatic heterocycles. The number of nitrogens with zero attached hydrogens (tertiary/aromatic N) is 4. The van der Waals surface area contributed by atoms with E-state index >= 15 is 0 Å². The maximum absolute atomic E-state index is 11.7. The van der Waals surface area contributed by atoms with Gasteiger partial charge >= 0.3 is 0 Å². The van der Waals surface area contributed by atoms with Gasteiger partial charge in [-0.1, -0.05) is 18.2 Å². The molecule has 1 saturated heterocycles. The van der Waals surface area contributed by atoms with Crippen LogP contribution < -0.4 is 4.90 Å². The Kier molecular flexibility index (Phi) is 3.92. The van der Waals surface area contributed by atoms with Crippen molar-refractivity contribution in [3.8, 4) is 6.07 Å². The third-order valence-corrected chi connectivity index (χ3v) is 4.13. The molecular formula is C17H18N4O. The van der Waals surface area contributed by atoms with Crippen LogP contribution in [0.5, 0.6) is 0 Å². The quantitative estimate of drug-likeness (QED) is 0.867. The van der Waals surface area contributed by atoms with Crippen molar-refractivity contribution >= 4 is 22.5 Å². The van der Waals surface area contributed by atoms with Gasteiger partial charge in [0.25, 0.3) is 0 Å². The van der Waals surface area contributed by atoms with Gasteiger partial charge in [-0.05, 0) is 12.5 Å². The summed E-state index contributed by atoms with van der Waals surface area (Å²) in [6.07, 6.45) is 3.23. The number of fused-ring (bicyclic) bond motifs is 1. The molecule has 0 aliphatic carbocycles. The van der Waals surface area contributed by atoms with Crippen LogP contribution in [-0.2, 0) is 4.79 Å². The molecule has 22 heavy (non-hydrogen) atoms. The molecule has 5 nitrogen and oxygen atoms in total. The second-order valence-electron chi connectivity index (χ2n) is 5.56. The minimum absolute atomic E-state index is 0.230. The van der Waals surface area contributed by atoms with Gasteiger partial charge in [-0.15, -0.1) is 0 Å². The molecule has 0 radical (unpaired) electrons. The van der Waals surface area contributed by atoms with E-state index in [9.17, 15) is 10.1 Å². The van der Waals surface area contributed by atoms with Crippen molar-refractivity contribution in [1.82, 2.24) is 9.88 Å². The Bertz CT molecular complexity index is 750. The predicted molar refractivity (Wildman–Crippen MR) is 85.5 cm³/mol. The molecule has 0 N–H and O–H groups in total. The topological polar surface area (TPSA) is 60.2 Å². The zero-order valence-corrected chi connectivity index (χ0v) is 12.6. The highest BCUT2D eigenvalue weighted by Gasteiger charge is 2.21. The first-order valence-electron chi connectivity index (χ1n) is 7.47. The third kappa shape index (κ3) is 2.60. The second-order valence-corrected chi connectivity index (χ2v) is 5.56. The number of pyridine rings is 1. The van der Waals surface area contributed by atoms with Crippen LogP contribution in [-0.4, -0.2) is 42.5 Å². The first-order chi connectivity index (χ1) is 10.7. The maximum atomic E-state index is 11.7. The van der Waals surface area contributed by atoms with Gasteiger partial charge in [0.05, 0.1) is 16.8 Å². The number of aromatic nitrogens is 1. The molecule has 1 aliphatic heterocycles. The van der Waals surface area contributed by atoms with Crippen molar-refractivity contribution in [1.29, 1.82) is 5.26 Å². The molecule has 3 rings (SSSR count). The van der Waals surface area contributed by atoms with E-state index in [1.54, 1.807) is 6.20 Å². The minimum Gasteiger partial charge on any atom is -0.371 e. The van der Waals surface area contributed by atoms with E-state index in [2.05, 4.69) is 11.1 Å². The van der Waals surface area contributed by atoms with Crippen LogP contribution in [0.15, 0.2) is 30.5 Å². The lowest BCUT2D eigenvalue weighted by atomic mass is 10.1. The lowest BCUT2D eigenvalue weighted by Gasteiger charge is -2.25. The third-order valence-electron chi connectivity index (χ3n) is 4.13. The number of benzene rings is 1. The summed E-state index contributed by atoms with van der Waals surface area (Å²) in [5.41, 5.74) is 2.33. The van der Waals surface area contributed by atoms with E-state index in [0.29, 0.717) is 25.1 Å². The van der Waals surface area contributed by atoms with Crippen molar-refractivity contribution in [3.05, 3.63) is 36.0 Å². The number of nitriles is 1. The van der Waals surface area contributed by atoms with E-state index in [-0.39, 0.29) is 5.91 Å². The Balaban J connectivity index is 1.87. The molecule has 1 fully saturated rings. The summed E-state index contributed by atoms with van der Waals surface area (Å²) in [7, 11) is 1.96. The summed E-state index contributed by atoms with van der Waals surface area (Å²) < 4.78 is 0. The molecule has 0 spiro atoms. The summed E-state index contributed by atoms with van der Waals surface area (Å²) >= 11 is 0. The lowest BCUT2D eigenvalue weighted by molar-refractivity contribution is -0.127. The molecule has 0 bridgehead atoms. The Labute approximate surface area is 129 Å². The largest absolute Gasteiger partial charge is 0.371 e. The minimum atomic E-state index is 0.230. The van der Waals surface area contributed by atoms with Crippen LogP contribution >= 0.6 is 0 Å². The molecule has 112 valence electrons. The van der Waals surface area contributed by atoms with Crippen LogP contribution in [0.25, 0.3) is 10.9 Å². The lowest BCUT2D eigenvalue weighted by Crippen LogP contribution is -2.34. The second kappa shape index (κ2) is 6.02. The highest BCUT2D eigenvalue weighted by atomic mass is 16.2. The summed E-state index contributed by atoms with van der Waals surface area (Å²) in [5, 5.41) is 10.3. The normalized spacial score (nSPS) is 14.4. The molecule has 1 amide bonds. The summed E-state index contributed by atoms with van der Waals surface area (Å²) in [5.74, 6) is 0.230. The molecule has 1 aromatic carbocycles. The maximum Gasteiger partial charge on any atom is 0.222 e. The fraction of sp³-hybridized carbons (Fsp3) is 0.353. The number of likely N-dealkylation sites (tertiary alicyclic amines) is 1. The van der Waals surface area contributed by atoms with E-state index < -0.39 is 0 Å². The number of hydrogen-bond acceptors (Lipinski definition) is 4. The van der Waals surface area contributed by atoms with Crippen molar-refractivity contribution in [2.75, 3.05) is 31.6 Å². The zero-order chi connectivity index (χ0) is 15.5. The van der Waals surface area contributed by atoms with E-state index in [4.69, 9.17) is 0 Å². The molecule has 0 unspecified atom stereocenters. The molecule has 0 saturated carbocycles. The number of rotatable bonds is 4. The van der Waals surface area contributed by atoms with E-state index in [1.165, 1.54) is 0 Å². The van der Waals surface area contributed by atoms with Crippen LogP contribution in [0.4, 0.5) is 5.69 Å². The number of carbonyl (C=O) groups excluding carboxylic acids is 1. The fourth-order valence-corrected chi connectivity index (χ4v) is 2.94. The Morgan fingerprint density at radius 2 is 2.23 bits per heavy atom. The molecular weight excluding hydrogens is 276 g/mol. The number of anilines is 1. The van der Waals surface area contributed by atoms with Gasteiger partial charge in [-0.25, -0.2) is 0 Å². The van der Waals surface area contributed by atoms with Gasteiger partial charge in [-0.2, -0.15) is 5.26 Å². The van der Waals surface area contributed by atoms with Gasteiger partial charge in [0.2, 0.25) is 5.91 Å². The van der Waals surface area contributed by atoms with Crippen LogP contribution in [0.3, 0.4) is 0 Å². The van der Waals surface area contributed by atoms with Crippen molar-refractivity contribution < 1.29 is 4.79 Å². The predicted octanol–water partition coefficient (Wildman–Crippen LogP) is 2.17. The van der Waals surface area contributed by atoms with Gasteiger partial charge in [0.15, 0.2) is 0 Å². The summed E-state index contributed by atoms with van der Waals surface area (Å²) in [6.45, 7) is 2.24. The number of amides is 1. The van der Waals surface area contributed by atoms with E-state index in [1.807, 2.05) is 41.1 Å². The van der Waals surface area contributed by atoms with Crippen LogP contribution in [0.2, 0.25) is 0 Å². The average molecular weight is 294 g/mol. The molecule has 5 heteroatoms. The zero-order valence-electron chi connectivity index (χ0n) is 12.6. The molecule has 2 heterocycles. The summed E-state index contributed by atoms with van der Waals surface area (Å²) in [4.78, 5) is 20.0. The monoisotopic (exact) mass is 294 g/mol. The van der Waals surface area contributed by atoms with Gasteiger partial charge in [0, 0.05) is 44.7 Å². The Morgan fingerprint density at radius 1 is 1.41 bits per heavy atom. The standard InChI is InChI=1S/C17H18N4O/c1-20(9-10-21-8-4-7-16(21)22)17-13(11-18)12-19-15-6-3-2-5-14(15)17/h2-3,5-6,12H,4,7-10H2,1H3. The number of hydrogen-bond donors (Lipinski definition) is 0.